The van der Waals surface area contributed by atoms with Crippen molar-refractivity contribution in [3.05, 3.63) is 82.9 Å². The van der Waals surface area contributed by atoms with Gasteiger partial charge in [-0.25, -0.2) is 0 Å². The molecule has 0 nitrogen and oxygen atoms in total. The maximum atomic E-state index is 2.70. The fourth-order valence-electron chi connectivity index (χ4n) is 4.97. The second-order valence-electron chi connectivity index (χ2n) is 8.98. The second-order valence-corrected chi connectivity index (χ2v) is 12.9. The Balaban J connectivity index is 1.31. The molecule has 0 aliphatic heterocycles. The molecule has 0 bridgehead atoms. The van der Waals surface area contributed by atoms with Crippen LogP contribution >= 0.6 is 0 Å². The molecule has 27 heavy (non-hydrogen) atoms. The molecule has 4 aliphatic carbocycles. The van der Waals surface area contributed by atoms with Crippen molar-refractivity contribution < 1.29 is 23.2 Å². The summed E-state index contributed by atoms with van der Waals surface area (Å²) in [5.74, 6) is 1.96. The molecular weight excluding hydrogens is 404 g/mol. The molecule has 2 fully saturated rings. The Labute approximate surface area is 174 Å². The number of hydrogen-bond acceptors (Lipinski definition) is 0. The minimum absolute atomic E-state index is 0.639. The van der Waals surface area contributed by atoms with Crippen LogP contribution < -0.4 is 0 Å². The van der Waals surface area contributed by atoms with Gasteiger partial charge in [-0.05, 0) is 0 Å². The first-order valence-corrected chi connectivity index (χ1v) is 13.5. The van der Waals surface area contributed by atoms with Crippen molar-refractivity contribution in [2.45, 2.75) is 45.8 Å². The summed E-state index contributed by atoms with van der Waals surface area (Å²) < 4.78 is 1.52. The quantitative estimate of drug-likeness (QED) is 0.466. The van der Waals surface area contributed by atoms with Gasteiger partial charge in [-0.2, -0.15) is 0 Å². The van der Waals surface area contributed by atoms with Gasteiger partial charge in [0.15, 0.2) is 0 Å². The Morgan fingerprint density at radius 2 is 1.07 bits per heavy atom. The third-order valence-electron chi connectivity index (χ3n) is 6.79. The van der Waals surface area contributed by atoms with Crippen LogP contribution in [0.4, 0.5) is 0 Å². The molecule has 0 saturated heterocycles. The SMILES string of the molecule is C1=C(CC2CC2)c2ccccc2[CH]1[Zr][CH]1C=C(CC2CC2)c2ccccc21. The van der Waals surface area contributed by atoms with Gasteiger partial charge in [0.05, 0.1) is 0 Å². The van der Waals surface area contributed by atoms with Gasteiger partial charge in [0.25, 0.3) is 0 Å². The molecule has 0 amide bonds. The van der Waals surface area contributed by atoms with Crippen LogP contribution in [0.2, 0.25) is 0 Å². The average molecular weight is 430 g/mol. The van der Waals surface area contributed by atoms with Crippen molar-refractivity contribution >= 4 is 11.1 Å². The summed E-state index contributed by atoms with van der Waals surface area (Å²) in [6.07, 6.45) is 13.9. The number of fused-ring (bicyclic) bond motifs is 2. The van der Waals surface area contributed by atoms with Crippen molar-refractivity contribution in [1.82, 2.24) is 0 Å². The van der Waals surface area contributed by atoms with E-state index in [1.807, 2.05) is 0 Å². The molecule has 0 N–H and O–H groups in total. The number of hydrogen-bond donors (Lipinski definition) is 0. The zero-order valence-electron chi connectivity index (χ0n) is 15.8. The van der Waals surface area contributed by atoms with Crippen LogP contribution in [0.3, 0.4) is 0 Å². The minimum atomic E-state index is -0.639. The Morgan fingerprint density at radius 3 is 1.52 bits per heavy atom. The molecule has 0 spiro atoms. The molecule has 1 heteroatoms. The third-order valence-corrected chi connectivity index (χ3v) is 10.9. The molecular formula is C26H26Zr. The first-order valence-electron chi connectivity index (χ1n) is 10.7. The molecule has 0 aromatic heterocycles. The Bertz CT molecular complexity index is 865. The summed E-state index contributed by atoms with van der Waals surface area (Å²) in [5.41, 5.74) is 9.83. The molecule has 2 aromatic carbocycles. The monoisotopic (exact) mass is 428 g/mol. The van der Waals surface area contributed by atoms with E-state index in [9.17, 15) is 0 Å². The Hall–Kier alpha value is -1.20. The maximum absolute atomic E-state index is 2.70. The van der Waals surface area contributed by atoms with Crippen molar-refractivity contribution in [3.63, 3.8) is 0 Å². The van der Waals surface area contributed by atoms with Crippen molar-refractivity contribution in [3.8, 4) is 0 Å². The number of benzene rings is 2. The Kier molecular flexibility index (Phi) is 4.15. The average Bonchev–Trinajstić information content (AvgIpc) is 3.61. The molecule has 2 unspecified atom stereocenters. The molecule has 2 saturated carbocycles. The predicted octanol–water partition coefficient (Wildman–Crippen LogP) is 6.95. The molecule has 2 aromatic rings. The molecule has 134 valence electrons. The van der Waals surface area contributed by atoms with E-state index in [0.29, 0.717) is 0 Å². The second kappa shape index (κ2) is 6.70. The van der Waals surface area contributed by atoms with Crippen LogP contribution in [0.5, 0.6) is 0 Å². The molecule has 6 rings (SSSR count). The normalized spacial score (nSPS) is 25.6. The van der Waals surface area contributed by atoms with Crippen molar-refractivity contribution in [2.24, 2.45) is 11.8 Å². The van der Waals surface area contributed by atoms with E-state index in [1.54, 1.807) is 33.4 Å². The predicted molar refractivity (Wildman–Crippen MR) is 109 cm³/mol. The fraction of sp³-hybridized carbons (Fsp3) is 0.385. The number of rotatable bonds is 6. The zero-order valence-corrected chi connectivity index (χ0v) is 18.3. The fourth-order valence-corrected chi connectivity index (χ4v) is 9.51. The first-order chi connectivity index (χ1) is 13.3. The van der Waals surface area contributed by atoms with E-state index in [-0.39, 0.29) is 0 Å². The van der Waals surface area contributed by atoms with Gasteiger partial charge >= 0.3 is 175 Å². The molecule has 4 aliphatic rings. The van der Waals surface area contributed by atoms with Crippen LogP contribution in [0.25, 0.3) is 11.1 Å². The van der Waals surface area contributed by atoms with Crippen LogP contribution in [-0.2, 0) is 23.2 Å². The van der Waals surface area contributed by atoms with E-state index in [4.69, 9.17) is 0 Å². The van der Waals surface area contributed by atoms with E-state index >= 15 is 0 Å². The van der Waals surface area contributed by atoms with Gasteiger partial charge in [0.2, 0.25) is 0 Å². The zero-order chi connectivity index (χ0) is 17.8. The van der Waals surface area contributed by atoms with Gasteiger partial charge in [0.1, 0.15) is 0 Å². The van der Waals surface area contributed by atoms with Gasteiger partial charge < -0.3 is 0 Å². The van der Waals surface area contributed by atoms with Crippen LogP contribution in [0, 0.1) is 11.8 Å². The summed E-state index contributed by atoms with van der Waals surface area (Å²) in [6.45, 7) is 0. The molecule has 0 radical (unpaired) electrons. The van der Waals surface area contributed by atoms with Gasteiger partial charge in [-0.1, -0.05) is 0 Å². The first kappa shape index (κ1) is 16.7. The van der Waals surface area contributed by atoms with E-state index in [0.717, 1.165) is 19.1 Å². The third kappa shape index (κ3) is 3.27. The summed E-state index contributed by atoms with van der Waals surface area (Å²) >= 11 is -0.639. The topological polar surface area (TPSA) is 0 Å². The van der Waals surface area contributed by atoms with Gasteiger partial charge in [-0.3, -0.25) is 0 Å². The van der Waals surface area contributed by atoms with Gasteiger partial charge in [-0.15, -0.1) is 0 Å². The van der Waals surface area contributed by atoms with Crippen LogP contribution in [0.1, 0.15) is 68.0 Å². The van der Waals surface area contributed by atoms with E-state index in [2.05, 4.69) is 60.7 Å². The molecule has 2 atom stereocenters. The summed E-state index contributed by atoms with van der Waals surface area (Å²) in [7, 11) is 0. The number of allylic oxidation sites excluding steroid dienone is 4. The van der Waals surface area contributed by atoms with Crippen molar-refractivity contribution in [2.75, 3.05) is 0 Å². The molecule has 0 heterocycles. The summed E-state index contributed by atoms with van der Waals surface area (Å²) in [4.78, 5) is 0. The summed E-state index contributed by atoms with van der Waals surface area (Å²) in [6, 6.07) is 18.6. The van der Waals surface area contributed by atoms with E-state index in [1.165, 1.54) is 38.5 Å². The van der Waals surface area contributed by atoms with Crippen LogP contribution in [-0.4, -0.2) is 0 Å². The van der Waals surface area contributed by atoms with Gasteiger partial charge in [0, 0.05) is 0 Å². The summed E-state index contributed by atoms with van der Waals surface area (Å²) in [5, 5.41) is 0. The standard InChI is InChI=1S/2C13H13.Zr/c2*1-2-4-13-11(3-1)7-8-12(13)9-10-5-6-10;/h2*1-4,7-8,10H,5-6,9H2;. The van der Waals surface area contributed by atoms with Crippen LogP contribution in [0.15, 0.2) is 60.7 Å². The van der Waals surface area contributed by atoms with E-state index < -0.39 is 23.2 Å². The van der Waals surface area contributed by atoms with Crippen molar-refractivity contribution in [1.29, 1.82) is 0 Å². The Morgan fingerprint density at radius 1 is 0.630 bits per heavy atom.